The molecule has 0 aromatic heterocycles. The molecule has 0 atom stereocenters. The zero-order valence-electron chi connectivity index (χ0n) is 15.1. The van der Waals surface area contributed by atoms with Crippen molar-refractivity contribution < 1.29 is 14.4 Å². The van der Waals surface area contributed by atoms with E-state index in [1.165, 1.54) is 6.92 Å². The molecule has 2 aliphatic rings. The van der Waals surface area contributed by atoms with Crippen LogP contribution in [0.5, 0.6) is 0 Å². The number of nitrogens with zero attached hydrogens (tertiary/aromatic N) is 1. The van der Waals surface area contributed by atoms with Gasteiger partial charge >= 0.3 is 0 Å². The van der Waals surface area contributed by atoms with Crippen LogP contribution < -0.4 is 15.5 Å². The van der Waals surface area contributed by atoms with Gasteiger partial charge in [0.05, 0.1) is 0 Å². The van der Waals surface area contributed by atoms with Crippen LogP contribution >= 0.6 is 0 Å². The first kappa shape index (κ1) is 17.3. The maximum Gasteiger partial charge on any atom is 0.255 e. The molecule has 138 valence electrons. The predicted octanol–water partition coefficient (Wildman–Crippen LogP) is 3.20. The highest BCUT2D eigenvalue weighted by Crippen LogP contribution is 2.37. The fourth-order valence-electron chi connectivity index (χ4n) is 3.40. The van der Waals surface area contributed by atoms with Gasteiger partial charge in [0.2, 0.25) is 11.8 Å². The molecule has 2 N–H and O–H groups in total. The summed E-state index contributed by atoms with van der Waals surface area (Å²) in [4.78, 5) is 37.9. The molecule has 1 aliphatic carbocycles. The molecule has 2 aromatic rings. The minimum Gasteiger partial charge on any atom is -0.326 e. The third-order valence-electron chi connectivity index (χ3n) is 4.87. The maximum absolute atomic E-state index is 12.5. The number of anilines is 3. The van der Waals surface area contributed by atoms with Gasteiger partial charge in [0, 0.05) is 42.0 Å². The van der Waals surface area contributed by atoms with Gasteiger partial charge in [-0.3, -0.25) is 14.4 Å². The van der Waals surface area contributed by atoms with Crippen molar-refractivity contribution in [2.24, 2.45) is 5.92 Å². The first-order valence-electron chi connectivity index (χ1n) is 9.14. The Balaban J connectivity index is 1.48. The van der Waals surface area contributed by atoms with Gasteiger partial charge in [-0.2, -0.15) is 0 Å². The summed E-state index contributed by atoms with van der Waals surface area (Å²) in [6.45, 7) is 2.13. The van der Waals surface area contributed by atoms with Crippen LogP contribution in [0.2, 0.25) is 0 Å². The molecule has 6 nitrogen and oxygen atoms in total. The summed E-state index contributed by atoms with van der Waals surface area (Å²) in [5.74, 6) is -0.00548. The largest absolute Gasteiger partial charge is 0.326 e. The Labute approximate surface area is 157 Å². The Hall–Kier alpha value is -3.15. The fourth-order valence-corrected chi connectivity index (χ4v) is 3.40. The van der Waals surface area contributed by atoms with E-state index in [0.29, 0.717) is 23.5 Å². The van der Waals surface area contributed by atoms with Crippen molar-refractivity contribution in [3.8, 4) is 0 Å². The molecule has 0 bridgehead atoms. The Kier molecular flexibility index (Phi) is 4.39. The Morgan fingerprint density at radius 1 is 1.00 bits per heavy atom. The number of rotatable bonds is 4. The number of nitrogens with one attached hydrogen (secondary N) is 2. The summed E-state index contributed by atoms with van der Waals surface area (Å²) >= 11 is 0. The first-order chi connectivity index (χ1) is 13.0. The molecular weight excluding hydrogens is 342 g/mol. The molecule has 0 saturated heterocycles. The highest BCUT2D eigenvalue weighted by atomic mass is 16.2. The zero-order valence-corrected chi connectivity index (χ0v) is 15.1. The minimum atomic E-state index is -0.244. The SMILES string of the molecule is CC(=O)Nc1cccc(C(=O)Nc2ccc3c(c2)CCN3C(=O)C2CC2)c1. The number of amides is 3. The van der Waals surface area contributed by atoms with Crippen molar-refractivity contribution in [3.05, 3.63) is 53.6 Å². The van der Waals surface area contributed by atoms with Crippen LogP contribution in [0.25, 0.3) is 0 Å². The number of carbonyl (C=O) groups is 3. The summed E-state index contributed by atoms with van der Waals surface area (Å²) in [7, 11) is 0. The highest BCUT2D eigenvalue weighted by Gasteiger charge is 2.36. The zero-order chi connectivity index (χ0) is 19.0. The minimum absolute atomic E-state index is 0.184. The highest BCUT2D eigenvalue weighted by molar-refractivity contribution is 6.06. The van der Waals surface area contributed by atoms with E-state index in [4.69, 9.17) is 0 Å². The average molecular weight is 363 g/mol. The van der Waals surface area contributed by atoms with Gasteiger partial charge in [-0.05, 0) is 61.2 Å². The van der Waals surface area contributed by atoms with E-state index in [-0.39, 0.29) is 23.6 Å². The normalized spacial score (nSPS) is 15.2. The van der Waals surface area contributed by atoms with E-state index in [9.17, 15) is 14.4 Å². The van der Waals surface area contributed by atoms with E-state index in [0.717, 1.165) is 30.5 Å². The van der Waals surface area contributed by atoms with Crippen LogP contribution in [-0.4, -0.2) is 24.3 Å². The second-order valence-corrected chi connectivity index (χ2v) is 7.07. The van der Waals surface area contributed by atoms with Gasteiger partial charge in [0.25, 0.3) is 5.91 Å². The molecule has 1 fully saturated rings. The summed E-state index contributed by atoms with van der Waals surface area (Å²) in [6.07, 6.45) is 2.79. The van der Waals surface area contributed by atoms with Crippen LogP contribution in [-0.2, 0) is 16.0 Å². The fraction of sp³-hybridized carbons (Fsp3) is 0.286. The predicted molar refractivity (Wildman–Crippen MR) is 104 cm³/mol. The van der Waals surface area contributed by atoms with E-state index in [1.54, 1.807) is 24.3 Å². The molecule has 1 saturated carbocycles. The van der Waals surface area contributed by atoms with E-state index in [2.05, 4.69) is 10.6 Å². The summed E-state index contributed by atoms with van der Waals surface area (Å²) in [5, 5.41) is 5.56. The van der Waals surface area contributed by atoms with Crippen molar-refractivity contribution in [3.63, 3.8) is 0 Å². The molecular formula is C21H21N3O3. The molecule has 27 heavy (non-hydrogen) atoms. The van der Waals surface area contributed by atoms with Crippen LogP contribution in [0.3, 0.4) is 0 Å². The number of benzene rings is 2. The lowest BCUT2D eigenvalue weighted by atomic mass is 10.1. The quantitative estimate of drug-likeness (QED) is 0.876. The van der Waals surface area contributed by atoms with Gasteiger partial charge in [-0.25, -0.2) is 0 Å². The monoisotopic (exact) mass is 363 g/mol. The van der Waals surface area contributed by atoms with Crippen LogP contribution in [0, 0.1) is 5.92 Å². The van der Waals surface area contributed by atoms with Gasteiger partial charge in [-0.1, -0.05) is 6.07 Å². The molecule has 3 amide bonds. The lowest BCUT2D eigenvalue weighted by Crippen LogP contribution is -2.30. The van der Waals surface area contributed by atoms with E-state index in [1.807, 2.05) is 23.1 Å². The van der Waals surface area contributed by atoms with Gasteiger partial charge in [0.15, 0.2) is 0 Å². The molecule has 2 aromatic carbocycles. The maximum atomic E-state index is 12.5. The lowest BCUT2D eigenvalue weighted by Gasteiger charge is -2.17. The molecule has 0 radical (unpaired) electrons. The Morgan fingerprint density at radius 2 is 1.78 bits per heavy atom. The van der Waals surface area contributed by atoms with E-state index >= 15 is 0 Å². The topological polar surface area (TPSA) is 78.5 Å². The molecule has 1 aliphatic heterocycles. The number of fused-ring (bicyclic) bond motifs is 1. The average Bonchev–Trinajstić information content (AvgIpc) is 3.40. The van der Waals surface area contributed by atoms with Crippen molar-refractivity contribution in [2.75, 3.05) is 22.1 Å². The Bertz CT molecular complexity index is 934. The number of carbonyl (C=O) groups excluding carboxylic acids is 3. The summed E-state index contributed by atoms with van der Waals surface area (Å²) < 4.78 is 0. The van der Waals surface area contributed by atoms with Gasteiger partial charge in [-0.15, -0.1) is 0 Å². The van der Waals surface area contributed by atoms with Gasteiger partial charge < -0.3 is 15.5 Å². The molecule has 6 heteroatoms. The van der Waals surface area contributed by atoms with Crippen LogP contribution in [0.1, 0.15) is 35.7 Å². The first-order valence-corrected chi connectivity index (χ1v) is 9.14. The van der Waals surface area contributed by atoms with Crippen LogP contribution in [0.4, 0.5) is 17.1 Å². The van der Waals surface area contributed by atoms with Crippen molar-refractivity contribution in [1.29, 1.82) is 0 Å². The third-order valence-corrected chi connectivity index (χ3v) is 4.87. The molecule has 4 rings (SSSR count). The molecule has 0 unspecified atom stereocenters. The van der Waals surface area contributed by atoms with Crippen molar-refractivity contribution >= 4 is 34.8 Å². The second kappa shape index (κ2) is 6.87. The van der Waals surface area contributed by atoms with Crippen LogP contribution in [0.15, 0.2) is 42.5 Å². The van der Waals surface area contributed by atoms with Gasteiger partial charge in [0.1, 0.15) is 0 Å². The second-order valence-electron chi connectivity index (χ2n) is 7.07. The lowest BCUT2D eigenvalue weighted by molar-refractivity contribution is -0.119. The summed E-state index contributed by atoms with van der Waals surface area (Å²) in [6, 6.07) is 12.5. The number of hydrogen-bond acceptors (Lipinski definition) is 3. The smallest absolute Gasteiger partial charge is 0.255 e. The summed E-state index contributed by atoms with van der Waals surface area (Å²) in [5.41, 5.74) is 3.78. The van der Waals surface area contributed by atoms with Crippen molar-refractivity contribution in [1.82, 2.24) is 0 Å². The third kappa shape index (κ3) is 3.69. The number of hydrogen-bond donors (Lipinski definition) is 2. The van der Waals surface area contributed by atoms with Crippen molar-refractivity contribution in [2.45, 2.75) is 26.2 Å². The van der Waals surface area contributed by atoms with E-state index < -0.39 is 0 Å². The molecule has 1 heterocycles. The standard InChI is InChI=1S/C21H21N3O3/c1-13(25)22-17-4-2-3-16(12-17)20(26)23-18-7-8-19-15(11-18)9-10-24(19)21(27)14-5-6-14/h2-4,7-8,11-12,14H,5-6,9-10H2,1H3,(H,22,25)(H,23,26). The Morgan fingerprint density at radius 3 is 2.52 bits per heavy atom. The molecule has 0 spiro atoms.